The van der Waals surface area contributed by atoms with Crippen molar-refractivity contribution in [1.82, 2.24) is 5.32 Å². The summed E-state index contributed by atoms with van der Waals surface area (Å²) < 4.78 is 5.30. The molecule has 0 bridgehead atoms. The van der Waals surface area contributed by atoms with Crippen molar-refractivity contribution < 1.29 is 14.5 Å². The van der Waals surface area contributed by atoms with Crippen LogP contribution in [0.1, 0.15) is 18.9 Å². The Morgan fingerprint density at radius 1 is 1.53 bits per heavy atom. The number of hydrogen-bond acceptors (Lipinski definition) is 4. The Balaban J connectivity index is 2.98. The van der Waals surface area contributed by atoms with E-state index in [2.05, 4.69) is 5.32 Å². The van der Waals surface area contributed by atoms with Crippen LogP contribution < -0.4 is 10.1 Å². The molecule has 6 nitrogen and oxygen atoms in total. The van der Waals surface area contributed by atoms with Crippen LogP contribution in [0.2, 0.25) is 0 Å². The minimum Gasteiger partial charge on any atom is -0.487 e. The third-order valence-corrected chi connectivity index (χ3v) is 2.31. The summed E-state index contributed by atoms with van der Waals surface area (Å²) >= 11 is 0. The van der Waals surface area contributed by atoms with Crippen molar-refractivity contribution in [2.75, 3.05) is 13.7 Å². The SMILES string of the molecule is CCCOc1ccc(/C=C/C(=O)NC)cc1[N+](=O)[O-]. The van der Waals surface area contributed by atoms with Crippen LogP contribution in [0.25, 0.3) is 6.08 Å². The first-order valence-electron chi connectivity index (χ1n) is 5.89. The lowest BCUT2D eigenvalue weighted by molar-refractivity contribution is -0.385. The van der Waals surface area contributed by atoms with Crippen molar-refractivity contribution in [3.05, 3.63) is 40.0 Å². The maximum absolute atomic E-state index is 11.1. The molecular weight excluding hydrogens is 248 g/mol. The van der Waals surface area contributed by atoms with E-state index in [4.69, 9.17) is 4.74 Å². The Bertz CT molecular complexity index is 497. The fourth-order valence-corrected chi connectivity index (χ4v) is 1.37. The molecule has 0 aliphatic rings. The van der Waals surface area contributed by atoms with E-state index in [9.17, 15) is 14.9 Å². The molecule has 0 atom stereocenters. The maximum Gasteiger partial charge on any atom is 0.311 e. The van der Waals surface area contributed by atoms with Gasteiger partial charge in [-0.3, -0.25) is 14.9 Å². The predicted octanol–water partition coefficient (Wildman–Crippen LogP) is 2.14. The first-order chi connectivity index (χ1) is 9.08. The van der Waals surface area contributed by atoms with Gasteiger partial charge < -0.3 is 10.1 Å². The molecule has 0 aliphatic heterocycles. The minimum absolute atomic E-state index is 0.104. The van der Waals surface area contributed by atoms with Gasteiger partial charge >= 0.3 is 5.69 Å². The van der Waals surface area contributed by atoms with Crippen LogP contribution in [0.5, 0.6) is 5.75 Å². The van der Waals surface area contributed by atoms with Crippen LogP contribution in [-0.2, 0) is 4.79 Å². The van der Waals surface area contributed by atoms with Gasteiger partial charge in [-0.1, -0.05) is 13.0 Å². The first kappa shape index (κ1) is 14.7. The summed E-state index contributed by atoms with van der Waals surface area (Å²) in [5, 5.41) is 13.4. The summed E-state index contributed by atoms with van der Waals surface area (Å²) in [5.74, 6) is -0.0297. The number of nitro benzene ring substituents is 1. The molecular formula is C13H16N2O4. The van der Waals surface area contributed by atoms with E-state index in [1.54, 1.807) is 6.07 Å². The minimum atomic E-state index is -0.498. The molecule has 6 heteroatoms. The number of carbonyl (C=O) groups is 1. The molecule has 0 radical (unpaired) electrons. The molecule has 0 spiro atoms. The number of likely N-dealkylation sites (N-methyl/N-ethyl adjacent to an activating group) is 1. The van der Waals surface area contributed by atoms with E-state index in [0.717, 1.165) is 6.42 Å². The number of nitrogens with one attached hydrogen (secondary N) is 1. The number of amides is 1. The normalized spacial score (nSPS) is 10.4. The summed E-state index contributed by atoms with van der Waals surface area (Å²) in [7, 11) is 1.51. The van der Waals surface area contributed by atoms with Gasteiger partial charge in [-0.05, 0) is 24.1 Å². The Labute approximate surface area is 111 Å². The summed E-state index contributed by atoms with van der Waals surface area (Å²) in [5.41, 5.74) is 0.464. The monoisotopic (exact) mass is 264 g/mol. The zero-order valence-corrected chi connectivity index (χ0v) is 10.9. The molecule has 1 N–H and O–H groups in total. The molecule has 0 aliphatic carbocycles. The fraction of sp³-hybridized carbons (Fsp3) is 0.308. The average Bonchev–Trinajstić information content (AvgIpc) is 2.42. The van der Waals surface area contributed by atoms with E-state index < -0.39 is 4.92 Å². The average molecular weight is 264 g/mol. The first-order valence-corrected chi connectivity index (χ1v) is 5.89. The van der Waals surface area contributed by atoms with Crippen molar-refractivity contribution in [3.8, 4) is 5.75 Å². The third kappa shape index (κ3) is 4.42. The zero-order valence-electron chi connectivity index (χ0n) is 10.9. The van der Waals surface area contributed by atoms with Crippen LogP contribution in [0.3, 0.4) is 0 Å². The van der Waals surface area contributed by atoms with Gasteiger partial charge in [0.1, 0.15) is 0 Å². The molecule has 1 aromatic rings. The molecule has 0 saturated heterocycles. The summed E-state index contributed by atoms with van der Waals surface area (Å²) in [4.78, 5) is 21.5. The molecule has 0 heterocycles. The second kappa shape index (κ2) is 7.15. The molecule has 0 saturated carbocycles. The lowest BCUT2D eigenvalue weighted by Crippen LogP contribution is -2.13. The molecule has 1 aromatic carbocycles. The number of rotatable bonds is 6. The standard InChI is InChI=1S/C13H16N2O4/c1-3-8-19-12-6-4-10(5-7-13(16)14-2)9-11(12)15(17)18/h4-7,9H,3,8H2,1-2H3,(H,14,16)/b7-5+. The van der Waals surface area contributed by atoms with Crippen LogP contribution >= 0.6 is 0 Å². The smallest absolute Gasteiger partial charge is 0.311 e. The van der Waals surface area contributed by atoms with Gasteiger partial charge in [0, 0.05) is 19.2 Å². The second-order valence-corrected chi connectivity index (χ2v) is 3.78. The summed E-state index contributed by atoms with van der Waals surface area (Å²) in [6.45, 7) is 2.35. The number of carbonyl (C=O) groups excluding carboxylic acids is 1. The van der Waals surface area contributed by atoms with Gasteiger partial charge in [-0.2, -0.15) is 0 Å². The van der Waals surface area contributed by atoms with Gasteiger partial charge in [-0.25, -0.2) is 0 Å². The zero-order chi connectivity index (χ0) is 14.3. The van der Waals surface area contributed by atoms with Gasteiger partial charge in [0.2, 0.25) is 5.91 Å². The molecule has 102 valence electrons. The molecule has 0 fully saturated rings. The van der Waals surface area contributed by atoms with Gasteiger partial charge in [0.15, 0.2) is 5.75 Å². The largest absolute Gasteiger partial charge is 0.487 e. The highest BCUT2D eigenvalue weighted by Gasteiger charge is 2.15. The Hall–Kier alpha value is -2.37. The number of nitrogens with zero attached hydrogens (tertiary/aromatic N) is 1. The van der Waals surface area contributed by atoms with Crippen LogP contribution in [0.4, 0.5) is 5.69 Å². The van der Waals surface area contributed by atoms with Crippen molar-refractivity contribution >= 4 is 17.7 Å². The molecule has 0 unspecified atom stereocenters. The molecule has 1 amide bonds. The van der Waals surface area contributed by atoms with Gasteiger partial charge in [-0.15, -0.1) is 0 Å². The van der Waals surface area contributed by atoms with E-state index >= 15 is 0 Å². The highest BCUT2D eigenvalue weighted by atomic mass is 16.6. The fourth-order valence-electron chi connectivity index (χ4n) is 1.37. The molecule has 1 rings (SSSR count). The Morgan fingerprint density at radius 2 is 2.26 bits per heavy atom. The Morgan fingerprint density at radius 3 is 2.84 bits per heavy atom. The van der Waals surface area contributed by atoms with E-state index in [1.807, 2.05) is 6.92 Å². The van der Waals surface area contributed by atoms with Crippen molar-refractivity contribution in [1.29, 1.82) is 0 Å². The lowest BCUT2D eigenvalue weighted by atomic mass is 10.1. The third-order valence-electron chi connectivity index (χ3n) is 2.31. The Kier molecular flexibility index (Phi) is 5.53. The number of hydrogen-bond donors (Lipinski definition) is 1. The number of benzene rings is 1. The van der Waals surface area contributed by atoms with Crippen molar-refractivity contribution in [3.63, 3.8) is 0 Å². The summed E-state index contributed by atoms with van der Waals surface area (Å²) in [6.07, 6.45) is 3.59. The van der Waals surface area contributed by atoms with E-state index in [0.29, 0.717) is 12.2 Å². The van der Waals surface area contributed by atoms with Crippen molar-refractivity contribution in [2.45, 2.75) is 13.3 Å². The maximum atomic E-state index is 11.1. The van der Waals surface area contributed by atoms with Crippen molar-refractivity contribution in [2.24, 2.45) is 0 Å². The number of ether oxygens (including phenoxy) is 1. The quantitative estimate of drug-likeness (QED) is 0.485. The summed E-state index contributed by atoms with van der Waals surface area (Å²) in [6, 6.07) is 4.58. The number of nitro groups is 1. The van der Waals surface area contributed by atoms with Crippen LogP contribution in [-0.4, -0.2) is 24.5 Å². The second-order valence-electron chi connectivity index (χ2n) is 3.78. The molecule has 0 aromatic heterocycles. The van der Waals surface area contributed by atoms with Gasteiger partial charge in [0.25, 0.3) is 0 Å². The van der Waals surface area contributed by atoms with E-state index in [1.165, 1.54) is 31.3 Å². The van der Waals surface area contributed by atoms with Crippen LogP contribution in [0.15, 0.2) is 24.3 Å². The van der Waals surface area contributed by atoms with E-state index in [-0.39, 0.29) is 17.3 Å². The highest BCUT2D eigenvalue weighted by molar-refractivity contribution is 5.91. The predicted molar refractivity (Wildman–Crippen MR) is 72.0 cm³/mol. The lowest BCUT2D eigenvalue weighted by Gasteiger charge is -2.05. The van der Waals surface area contributed by atoms with Gasteiger partial charge in [0.05, 0.1) is 11.5 Å². The molecule has 19 heavy (non-hydrogen) atoms. The topological polar surface area (TPSA) is 81.5 Å². The van der Waals surface area contributed by atoms with Crippen LogP contribution in [0, 0.1) is 10.1 Å². The highest BCUT2D eigenvalue weighted by Crippen LogP contribution is 2.28.